The van der Waals surface area contributed by atoms with Gasteiger partial charge in [-0.3, -0.25) is 0 Å². The van der Waals surface area contributed by atoms with Crippen molar-refractivity contribution in [3.63, 3.8) is 0 Å². The number of aliphatic hydroxyl groups is 1. The molecule has 1 unspecified atom stereocenters. The lowest BCUT2D eigenvalue weighted by Gasteiger charge is -2.25. The van der Waals surface area contributed by atoms with Crippen LogP contribution in [0.4, 0.5) is 0 Å². The molecule has 0 bridgehead atoms. The van der Waals surface area contributed by atoms with Crippen LogP contribution in [0.2, 0.25) is 5.02 Å². The van der Waals surface area contributed by atoms with Gasteiger partial charge in [0.1, 0.15) is 5.75 Å². The first-order chi connectivity index (χ1) is 15.5. The minimum Gasteiger partial charge on any atom is -0.497 e. The number of methoxy groups -OCH3 is 1. The van der Waals surface area contributed by atoms with Crippen LogP contribution in [0.15, 0.2) is 72.3 Å². The highest BCUT2D eigenvalue weighted by Crippen LogP contribution is 2.46. The number of esters is 1. The first-order valence-corrected chi connectivity index (χ1v) is 10.3. The zero-order valence-corrected chi connectivity index (χ0v) is 17.9. The van der Waals surface area contributed by atoms with Gasteiger partial charge in [-0.25, -0.2) is 4.79 Å². The number of fused-ring (bicyclic) bond motifs is 1. The monoisotopic (exact) mass is 450 g/mol. The smallest absolute Gasteiger partial charge is 0.342 e. The molecule has 3 aromatic rings. The summed E-state index contributed by atoms with van der Waals surface area (Å²) in [5, 5.41) is 12.2. The molecule has 32 heavy (non-hydrogen) atoms. The van der Waals surface area contributed by atoms with Gasteiger partial charge in [0.2, 0.25) is 6.79 Å². The van der Waals surface area contributed by atoms with Crippen LogP contribution in [-0.2, 0) is 21.7 Å². The van der Waals surface area contributed by atoms with E-state index in [1.165, 1.54) is 0 Å². The van der Waals surface area contributed by atoms with Crippen LogP contribution < -0.4 is 14.2 Å². The average Bonchev–Trinajstić information content (AvgIpc) is 3.36. The molecule has 7 heteroatoms. The Morgan fingerprint density at radius 1 is 1.00 bits per heavy atom. The lowest BCUT2D eigenvalue weighted by atomic mass is 9.88. The third-order valence-corrected chi connectivity index (χ3v) is 5.84. The summed E-state index contributed by atoms with van der Waals surface area (Å²) < 4.78 is 21.7. The molecule has 2 aliphatic rings. The van der Waals surface area contributed by atoms with Crippen molar-refractivity contribution in [2.45, 2.75) is 12.2 Å². The number of cyclic esters (lactones) is 1. The van der Waals surface area contributed by atoms with Crippen LogP contribution in [0, 0.1) is 0 Å². The molecule has 0 aromatic heterocycles. The number of carbonyl (C=O) groups excluding carboxylic acids is 1. The fraction of sp³-hybridized carbons (Fsp3) is 0.160. The van der Waals surface area contributed by atoms with Crippen molar-refractivity contribution in [1.29, 1.82) is 0 Å². The van der Waals surface area contributed by atoms with Crippen molar-refractivity contribution in [2.75, 3.05) is 13.9 Å². The second-order valence-corrected chi connectivity index (χ2v) is 7.92. The van der Waals surface area contributed by atoms with Crippen LogP contribution in [-0.4, -0.2) is 25.0 Å². The molecule has 0 fully saturated rings. The summed E-state index contributed by atoms with van der Waals surface area (Å²) in [6, 6.07) is 19.2. The number of rotatable bonds is 5. The van der Waals surface area contributed by atoms with Crippen LogP contribution in [0.3, 0.4) is 0 Å². The van der Waals surface area contributed by atoms with Gasteiger partial charge in [-0.15, -0.1) is 0 Å². The van der Waals surface area contributed by atoms with Gasteiger partial charge in [-0.1, -0.05) is 41.9 Å². The zero-order valence-electron chi connectivity index (χ0n) is 17.1. The van der Waals surface area contributed by atoms with Crippen molar-refractivity contribution in [1.82, 2.24) is 0 Å². The maximum Gasteiger partial charge on any atom is 0.342 e. The molecule has 6 nitrogen and oxygen atoms in total. The first kappa shape index (κ1) is 20.4. The molecule has 5 rings (SSSR count). The van der Waals surface area contributed by atoms with Gasteiger partial charge in [-0.05, 0) is 47.5 Å². The minimum absolute atomic E-state index is 0.121. The van der Waals surface area contributed by atoms with E-state index < -0.39 is 11.8 Å². The van der Waals surface area contributed by atoms with Crippen LogP contribution in [0.5, 0.6) is 17.2 Å². The summed E-state index contributed by atoms with van der Waals surface area (Å²) in [7, 11) is 1.60. The Morgan fingerprint density at radius 3 is 2.44 bits per heavy atom. The minimum atomic E-state index is -1.94. The summed E-state index contributed by atoms with van der Waals surface area (Å²) in [6.45, 7) is 0.121. The van der Waals surface area contributed by atoms with Crippen LogP contribution >= 0.6 is 11.6 Å². The van der Waals surface area contributed by atoms with Gasteiger partial charge in [-0.2, -0.15) is 0 Å². The molecule has 0 aliphatic carbocycles. The normalized spacial score (nSPS) is 19.3. The molecule has 0 radical (unpaired) electrons. The molecule has 0 amide bonds. The topological polar surface area (TPSA) is 74.2 Å². The molecule has 162 valence electrons. The van der Waals surface area contributed by atoms with Gasteiger partial charge in [0.25, 0.3) is 5.79 Å². The SMILES string of the molecule is COc1ccc(CC2=C(c3ccc4c(c3)OCO4)C(=O)OC2(O)c2ccc(Cl)cc2)cc1. The summed E-state index contributed by atoms with van der Waals surface area (Å²) in [4.78, 5) is 13.1. The lowest BCUT2D eigenvalue weighted by molar-refractivity contribution is -0.185. The molecule has 3 aromatic carbocycles. The zero-order chi connectivity index (χ0) is 22.3. The van der Waals surface area contributed by atoms with Gasteiger partial charge < -0.3 is 24.1 Å². The summed E-state index contributed by atoms with van der Waals surface area (Å²) >= 11 is 6.03. The fourth-order valence-electron chi connectivity index (χ4n) is 3.95. The van der Waals surface area contributed by atoms with Crippen molar-refractivity contribution >= 4 is 23.1 Å². The van der Waals surface area contributed by atoms with Crippen LogP contribution in [0.1, 0.15) is 16.7 Å². The Morgan fingerprint density at radius 2 is 1.72 bits per heavy atom. The van der Waals surface area contributed by atoms with E-state index in [0.717, 1.165) is 5.56 Å². The van der Waals surface area contributed by atoms with E-state index in [4.69, 9.17) is 30.5 Å². The third kappa shape index (κ3) is 3.47. The fourth-order valence-corrected chi connectivity index (χ4v) is 4.07. The molecule has 2 aliphatic heterocycles. The van der Waals surface area contributed by atoms with Gasteiger partial charge in [0.05, 0.1) is 12.7 Å². The third-order valence-electron chi connectivity index (χ3n) is 5.59. The number of carbonyl (C=O) groups is 1. The molecule has 2 heterocycles. The summed E-state index contributed by atoms with van der Waals surface area (Å²) in [5.74, 6) is -0.706. The number of hydrogen-bond acceptors (Lipinski definition) is 6. The van der Waals surface area contributed by atoms with E-state index in [1.54, 1.807) is 49.6 Å². The standard InChI is InChI=1S/C25H19ClO6/c1-29-19-9-2-15(3-10-19)12-20-23(16-4-11-21-22(13-16)31-14-30-21)24(27)32-25(20,28)17-5-7-18(26)8-6-17/h2-11,13,28H,12,14H2,1H3. The highest BCUT2D eigenvalue weighted by atomic mass is 35.5. The quantitative estimate of drug-likeness (QED) is 0.578. The van der Waals surface area contributed by atoms with Gasteiger partial charge in [0.15, 0.2) is 11.5 Å². The van der Waals surface area contributed by atoms with E-state index in [0.29, 0.717) is 39.0 Å². The summed E-state index contributed by atoms with van der Waals surface area (Å²) in [5.41, 5.74) is 2.58. The summed E-state index contributed by atoms with van der Waals surface area (Å²) in [6.07, 6.45) is 0.276. The van der Waals surface area contributed by atoms with Gasteiger partial charge in [0, 0.05) is 22.6 Å². The molecule has 0 spiro atoms. The van der Waals surface area contributed by atoms with Crippen molar-refractivity contribution in [3.8, 4) is 17.2 Å². The van der Waals surface area contributed by atoms with Crippen molar-refractivity contribution < 1.29 is 28.8 Å². The molecule has 1 atom stereocenters. The van der Waals surface area contributed by atoms with E-state index in [9.17, 15) is 9.90 Å². The molecule has 1 N–H and O–H groups in total. The van der Waals surface area contributed by atoms with E-state index in [2.05, 4.69) is 0 Å². The second-order valence-electron chi connectivity index (χ2n) is 7.49. The molecular weight excluding hydrogens is 432 g/mol. The maximum atomic E-state index is 13.1. The Labute approximate surface area is 189 Å². The lowest BCUT2D eigenvalue weighted by Crippen LogP contribution is -2.29. The molecular formula is C25H19ClO6. The Hall–Kier alpha value is -3.48. The maximum absolute atomic E-state index is 13.1. The first-order valence-electron chi connectivity index (χ1n) is 9.96. The highest BCUT2D eigenvalue weighted by Gasteiger charge is 2.48. The Balaban J connectivity index is 1.65. The predicted molar refractivity (Wildman–Crippen MR) is 118 cm³/mol. The van der Waals surface area contributed by atoms with Crippen molar-refractivity contribution in [3.05, 3.63) is 94.0 Å². The highest BCUT2D eigenvalue weighted by molar-refractivity contribution is 6.30. The van der Waals surface area contributed by atoms with Crippen LogP contribution in [0.25, 0.3) is 5.57 Å². The number of ether oxygens (including phenoxy) is 4. The van der Waals surface area contributed by atoms with Crippen molar-refractivity contribution in [2.24, 2.45) is 0 Å². The largest absolute Gasteiger partial charge is 0.497 e. The molecule has 0 saturated heterocycles. The molecule has 0 saturated carbocycles. The Bertz CT molecular complexity index is 1220. The number of halogens is 1. The van der Waals surface area contributed by atoms with Gasteiger partial charge >= 0.3 is 5.97 Å². The average molecular weight is 451 g/mol. The Kier molecular flexibility index (Phi) is 5.04. The van der Waals surface area contributed by atoms with E-state index in [-0.39, 0.29) is 18.8 Å². The predicted octanol–water partition coefficient (Wildman–Crippen LogP) is 4.48. The number of hydrogen-bond donors (Lipinski definition) is 1. The second kappa shape index (κ2) is 7.89. The van der Waals surface area contributed by atoms with E-state index in [1.807, 2.05) is 24.3 Å². The van der Waals surface area contributed by atoms with E-state index >= 15 is 0 Å². The number of benzene rings is 3.